The Morgan fingerprint density at radius 1 is 0.125 bits per heavy atom. The van der Waals surface area contributed by atoms with Gasteiger partial charge >= 0.3 is 0 Å². The van der Waals surface area contributed by atoms with Crippen LogP contribution >= 0.6 is 0 Å². The van der Waals surface area contributed by atoms with Crippen molar-refractivity contribution >= 4 is 0 Å². The standard InChI is InChI=1S/C64H104/c1-3-18-45(19-4-1)59-60(46-20-5-2-6-21-46)62(51-33-30-42-16-8-11-23-48(42)38-51)64(53-35-36-54-55-27-13-25-44-26-14-28-56(58(44)55)57(54)40-53)63(52-34-31-43-17-9-12-24-49(43)39-52)61(59)50-32-29-41-15-7-10-22-47(41)37-50/h41-64H,1-40H2. The lowest BCUT2D eigenvalue weighted by molar-refractivity contribution is -0.178. The van der Waals surface area contributed by atoms with Crippen molar-refractivity contribution in [2.24, 2.45) is 142 Å². The van der Waals surface area contributed by atoms with Crippen LogP contribution in [0.2, 0.25) is 0 Å². The van der Waals surface area contributed by atoms with Crippen LogP contribution < -0.4 is 0 Å². The van der Waals surface area contributed by atoms with E-state index in [0.717, 1.165) is 136 Å². The molecule has 0 aromatic rings. The average molecular weight is 874 g/mol. The minimum atomic E-state index is 1.09. The highest BCUT2D eigenvalue weighted by molar-refractivity contribution is 5.12. The maximum absolute atomic E-state index is 1.75. The van der Waals surface area contributed by atoms with Gasteiger partial charge in [-0.2, -0.15) is 0 Å². The Morgan fingerprint density at radius 3 is 0.844 bits per heavy atom. The molecule has 0 saturated heterocycles. The minimum absolute atomic E-state index is 1.09. The van der Waals surface area contributed by atoms with Crippen LogP contribution in [-0.4, -0.2) is 0 Å². The topological polar surface area (TPSA) is 0 Å². The summed E-state index contributed by atoms with van der Waals surface area (Å²) < 4.78 is 0. The second kappa shape index (κ2) is 19.3. The highest BCUT2D eigenvalue weighted by Crippen LogP contribution is 2.71. The predicted octanol–water partition coefficient (Wildman–Crippen LogP) is 18.6. The molecule has 13 saturated carbocycles. The van der Waals surface area contributed by atoms with Crippen molar-refractivity contribution < 1.29 is 0 Å². The number of hydrogen-bond acceptors (Lipinski definition) is 0. The molecule has 0 radical (unpaired) electrons. The van der Waals surface area contributed by atoms with E-state index < -0.39 is 0 Å². The van der Waals surface area contributed by atoms with Gasteiger partial charge in [-0.15, -0.1) is 0 Å². The van der Waals surface area contributed by atoms with Gasteiger partial charge in [-0.3, -0.25) is 0 Å². The van der Waals surface area contributed by atoms with Crippen LogP contribution in [0.15, 0.2) is 0 Å². The molecular weight excluding hydrogens is 769 g/mol. The van der Waals surface area contributed by atoms with Crippen LogP contribution in [0.3, 0.4) is 0 Å². The van der Waals surface area contributed by atoms with E-state index in [9.17, 15) is 0 Å². The Hall–Kier alpha value is 0. The van der Waals surface area contributed by atoms with E-state index in [1.165, 1.54) is 5.92 Å². The van der Waals surface area contributed by atoms with Gasteiger partial charge < -0.3 is 0 Å². The molecule has 64 heavy (non-hydrogen) atoms. The summed E-state index contributed by atoms with van der Waals surface area (Å²) >= 11 is 0. The minimum Gasteiger partial charge on any atom is -0.0533 e. The third-order valence-corrected chi connectivity index (χ3v) is 26.8. The van der Waals surface area contributed by atoms with Gasteiger partial charge in [-0.1, -0.05) is 167 Å². The fourth-order valence-corrected chi connectivity index (χ4v) is 24.9. The second-order valence-electron chi connectivity index (χ2n) is 28.8. The summed E-state index contributed by atoms with van der Waals surface area (Å²) in [5.74, 6) is 26.8. The SMILES string of the molecule is C1CCC(C2C(C3CCCCC3)C(C3CCC4CCCCC4C3)C(C3CCC4C(C3)C3CCCC5CCCC4C53)C(C3CCC4CCCCC4C3)C2C2CCC3CCCCC3C2)CC1. The van der Waals surface area contributed by atoms with E-state index in [1.54, 1.807) is 257 Å². The molecule has 13 fully saturated rings. The molecule has 13 aliphatic carbocycles. The molecule has 0 aromatic carbocycles. The van der Waals surface area contributed by atoms with Gasteiger partial charge in [0.15, 0.2) is 0 Å². The summed E-state index contributed by atoms with van der Waals surface area (Å²) in [5.41, 5.74) is 0. The molecule has 0 aromatic heterocycles. The Morgan fingerprint density at radius 2 is 0.406 bits per heavy atom. The zero-order valence-electron chi connectivity index (χ0n) is 42.1. The summed E-state index contributed by atoms with van der Waals surface area (Å²) in [4.78, 5) is 0. The van der Waals surface area contributed by atoms with Crippen molar-refractivity contribution in [3.05, 3.63) is 0 Å². The fraction of sp³-hybridized carbons (Fsp3) is 1.00. The van der Waals surface area contributed by atoms with Crippen molar-refractivity contribution in [3.8, 4) is 0 Å². The average Bonchev–Trinajstić information content (AvgIpc) is 3.69. The number of fused-ring (bicyclic) bond motifs is 6. The first kappa shape index (κ1) is 44.0. The monoisotopic (exact) mass is 873 g/mol. The summed E-state index contributed by atoms with van der Waals surface area (Å²) in [6.45, 7) is 0. The zero-order chi connectivity index (χ0) is 42.1. The number of hydrogen-bond donors (Lipinski definition) is 0. The first-order valence-electron chi connectivity index (χ1n) is 31.7. The summed E-state index contributed by atoms with van der Waals surface area (Å²) in [7, 11) is 0. The maximum Gasteiger partial charge on any atom is -0.0318 e. The molecule has 0 heterocycles. The van der Waals surface area contributed by atoms with E-state index in [0.29, 0.717) is 0 Å². The van der Waals surface area contributed by atoms with Crippen molar-refractivity contribution in [2.45, 2.75) is 257 Å². The number of rotatable bonds is 6. The fourth-order valence-electron chi connectivity index (χ4n) is 24.9. The highest BCUT2D eigenvalue weighted by Gasteiger charge is 2.64. The third kappa shape index (κ3) is 8.08. The van der Waals surface area contributed by atoms with Gasteiger partial charge in [-0.25, -0.2) is 0 Å². The Labute approximate surface area is 397 Å². The van der Waals surface area contributed by atoms with Gasteiger partial charge in [0.05, 0.1) is 0 Å². The molecule has 13 rings (SSSR count). The third-order valence-electron chi connectivity index (χ3n) is 26.8. The first-order valence-corrected chi connectivity index (χ1v) is 31.7. The predicted molar refractivity (Wildman–Crippen MR) is 268 cm³/mol. The van der Waals surface area contributed by atoms with Crippen molar-refractivity contribution in [2.75, 3.05) is 0 Å². The van der Waals surface area contributed by atoms with E-state index in [-0.39, 0.29) is 0 Å². The van der Waals surface area contributed by atoms with Gasteiger partial charge in [0.1, 0.15) is 0 Å². The quantitative estimate of drug-likeness (QED) is 0.249. The van der Waals surface area contributed by atoms with Gasteiger partial charge in [-0.05, 0) is 232 Å². The molecule has 22 atom stereocenters. The van der Waals surface area contributed by atoms with Gasteiger partial charge in [0.2, 0.25) is 0 Å². The van der Waals surface area contributed by atoms with Crippen LogP contribution in [-0.2, 0) is 0 Å². The molecule has 0 aliphatic heterocycles. The zero-order valence-corrected chi connectivity index (χ0v) is 42.1. The molecule has 0 bridgehead atoms. The van der Waals surface area contributed by atoms with Crippen molar-refractivity contribution in [1.29, 1.82) is 0 Å². The molecule has 360 valence electrons. The lowest BCUT2D eigenvalue weighted by atomic mass is 9.39. The first-order chi connectivity index (χ1) is 31.7. The summed E-state index contributed by atoms with van der Waals surface area (Å²) in [5, 5.41) is 0. The highest BCUT2D eigenvalue weighted by atomic mass is 14.7. The van der Waals surface area contributed by atoms with E-state index >= 15 is 0 Å². The normalized spacial score (nSPS) is 53.8. The van der Waals surface area contributed by atoms with E-state index in [2.05, 4.69) is 0 Å². The van der Waals surface area contributed by atoms with E-state index in [4.69, 9.17) is 0 Å². The van der Waals surface area contributed by atoms with Crippen LogP contribution in [0.5, 0.6) is 0 Å². The van der Waals surface area contributed by atoms with Crippen LogP contribution in [0, 0.1) is 142 Å². The van der Waals surface area contributed by atoms with Gasteiger partial charge in [0, 0.05) is 0 Å². The smallest absolute Gasteiger partial charge is 0.0318 e. The van der Waals surface area contributed by atoms with Crippen molar-refractivity contribution in [3.63, 3.8) is 0 Å². The van der Waals surface area contributed by atoms with Crippen LogP contribution in [0.4, 0.5) is 0 Å². The molecule has 0 N–H and O–H groups in total. The van der Waals surface area contributed by atoms with E-state index in [1.807, 2.05) is 0 Å². The lowest BCUT2D eigenvalue weighted by Crippen LogP contribution is -2.60. The Balaban J connectivity index is 0.962. The molecule has 0 nitrogen and oxygen atoms in total. The van der Waals surface area contributed by atoms with Crippen LogP contribution in [0.25, 0.3) is 0 Å². The molecule has 0 spiro atoms. The summed E-state index contributed by atoms with van der Waals surface area (Å²) in [6, 6.07) is 0. The molecule has 22 unspecified atom stereocenters. The molecule has 0 amide bonds. The molecule has 0 heteroatoms. The largest absolute Gasteiger partial charge is 0.0533 e. The Kier molecular flexibility index (Phi) is 13.3. The van der Waals surface area contributed by atoms with Crippen LogP contribution in [0.1, 0.15) is 257 Å². The molecular formula is C64H104. The maximum atomic E-state index is 1.75. The van der Waals surface area contributed by atoms with Gasteiger partial charge in [0.25, 0.3) is 0 Å². The Bertz CT molecular complexity index is 1510. The lowest BCUT2D eigenvalue weighted by Gasteiger charge is -2.66. The van der Waals surface area contributed by atoms with Crippen molar-refractivity contribution in [1.82, 2.24) is 0 Å². The second-order valence-corrected chi connectivity index (χ2v) is 28.8. The molecule has 13 aliphatic rings. The summed E-state index contributed by atoms with van der Waals surface area (Å²) in [6.07, 6.45) is 65.2.